The third-order valence-electron chi connectivity index (χ3n) is 12.2. The number of aromatic nitrogens is 1. The van der Waals surface area contributed by atoms with Crippen molar-refractivity contribution in [2.45, 2.75) is 88.6 Å². The van der Waals surface area contributed by atoms with E-state index < -0.39 is 31.1 Å². The Morgan fingerprint density at radius 1 is 0.968 bits per heavy atom. The maximum absolute atomic E-state index is 14.9. The number of likely N-dealkylation sites (tertiary alicyclic amines) is 1. The second-order valence-electron chi connectivity index (χ2n) is 17.6. The molecule has 2 atom stereocenters. The molecule has 1 unspecified atom stereocenters. The lowest BCUT2D eigenvalue weighted by Crippen LogP contribution is -2.67. The number of thiazole rings is 1. The zero-order chi connectivity index (χ0) is 43.9. The Balaban J connectivity index is 1.20. The molecule has 1 fully saturated rings. The molecule has 14 heteroatoms. The highest BCUT2D eigenvalue weighted by molar-refractivity contribution is 7.89. The fourth-order valence-electron chi connectivity index (χ4n) is 9.11. The SMILES string of the molecule is CCOC(=O)CCc1cc2c(c(S(=O)(=O)N[C@@H](Cc3nc4ccccc4s3)C(=O)N3CCC(CCF)CC3)c1)NCC(CO[Si](c1ccccc1)(c1ccccc1)C(C)(C)C)C2. The second-order valence-corrected chi connectivity index (χ2v) is 24.7. The standard InChI is InChI=1S/C48H59FN4O6S2Si/c1-5-58-45(54)21-20-35-28-37-29-36(33-59-62(48(2,3)4,38-14-8-6-9-15-38)39-16-10-7-11-17-39)32-50-46(37)43(30-35)61(56,57)52-41(31-44-51-40-18-12-13-19-42(40)60-44)47(55)53-26-23-34(22-25-49)24-27-53/h6-19,28,30,34,36,41,50,52H,5,20-27,29,31-33H2,1-4H3/t36?,41-/m0/s1. The number of amides is 1. The van der Waals surface area contributed by atoms with Gasteiger partial charge in [-0.15, -0.1) is 11.3 Å². The van der Waals surface area contributed by atoms with Gasteiger partial charge in [0.1, 0.15) is 10.9 Å². The molecule has 0 spiro atoms. The van der Waals surface area contributed by atoms with Gasteiger partial charge in [-0.3, -0.25) is 14.0 Å². The Kier molecular flexibility index (Phi) is 14.6. The molecule has 10 nitrogen and oxygen atoms in total. The Morgan fingerprint density at radius 3 is 2.26 bits per heavy atom. The lowest BCUT2D eigenvalue weighted by atomic mass is 9.92. The highest BCUT2D eigenvalue weighted by atomic mass is 32.2. The van der Waals surface area contributed by atoms with Crippen LogP contribution in [0.4, 0.5) is 10.1 Å². The normalized spacial score (nSPS) is 16.7. The van der Waals surface area contributed by atoms with Crippen LogP contribution in [0.1, 0.15) is 69.5 Å². The summed E-state index contributed by atoms with van der Waals surface area (Å²) in [6, 6.07) is 31.1. The Morgan fingerprint density at radius 2 is 1.63 bits per heavy atom. The Labute approximate surface area is 370 Å². The first-order valence-corrected chi connectivity index (χ1v) is 26.0. The van der Waals surface area contributed by atoms with Gasteiger partial charge in [0.05, 0.1) is 34.2 Å². The van der Waals surface area contributed by atoms with E-state index in [1.165, 1.54) is 21.7 Å². The highest BCUT2D eigenvalue weighted by Gasteiger charge is 2.50. The monoisotopic (exact) mass is 898 g/mol. The van der Waals surface area contributed by atoms with Crippen molar-refractivity contribution in [3.63, 3.8) is 0 Å². The van der Waals surface area contributed by atoms with E-state index in [4.69, 9.17) is 14.1 Å². The number of rotatable bonds is 17. The quantitative estimate of drug-likeness (QED) is 0.0729. The molecule has 0 bridgehead atoms. The molecule has 4 aromatic carbocycles. The zero-order valence-electron chi connectivity index (χ0n) is 36.2. The van der Waals surface area contributed by atoms with Crippen molar-refractivity contribution in [1.82, 2.24) is 14.6 Å². The zero-order valence-corrected chi connectivity index (χ0v) is 38.8. The molecule has 1 saturated heterocycles. The van der Waals surface area contributed by atoms with E-state index in [0.29, 0.717) is 68.2 Å². The summed E-state index contributed by atoms with van der Waals surface area (Å²) >= 11 is 1.44. The summed E-state index contributed by atoms with van der Waals surface area (Å²) < 4.78 is 59.3. The number of para-hydroxylation sites is 1. The number of nitrogens with one attached hydrogen (secondary N) is 2. The number of carbonyl (C=O) groups is 2. The smallest absolute Gasteiger partial charge is 0.306 e. The van der Waals surface area contributed by atoms with Crippen LogP contribution >= 0.6 is 11.3 Å². The molecule has 0 saturated carbocycles. The van der Waals surface area contributed by atoms with Gasteiger partial charge < -0.3 is 19.4 Å². The largest absolute Gasteiger partial charge is 0.466 e. The van der Waals surface area contributed by atoms with Crippen LogP contribution in [0.2, 0.25) is 5.04 Å². The third kappa shape index (κ3) is 10.3. The van der Waals surface area contributed by atoms with Crippen LogP contribution in [0, 0.1) is 11.8 Å². The molecule has 2 aliphatic heterocycles. The summed E-state index contributed by atoms with van der Waals surface area (Å²) in [6.07, 6.45) is 2.76. The third-order valence-corrected chi connectivity index (χ3v) is 19.8. The maximum atomic E-state index is 14.9. The van der Waals surface area contributed by atoms with Crippen molar-refractivity contribution in [3.8, 4) is 0 Å². The molecule has 2 N–H and O–H groups in total. The number of benzene rings is 4. The minimum absolute atomic E-state index is 0.00153. The van der Waals surface area contributed by atoms with Crippen LogP contribution in [0.15, 0.2) is 102 Å². The predicted octanol–water partition coefficient (Wildman–Crippen LogP) is 7.44. The number of piperidine rings is 1. The fraction of sp³-hybridized carbons (Fsp3) is 0.438. The fourth-order valence-corrected chi connectivity index (χ4v) is 16.2. The van der Waals surface area contributed by atoms with E-state index in [0.717, 1.165) is 15.8 Å². The van der Waals surface area contributed by atoms with Crippen LogP contribution in [-0.4, -0.2) is 84.1 Å². The minimum atomic E-state index is -4.34. The maximum Gasteiger partial charge on any atom is 0.306 e. The number of nitrogens with zero attached hydrogens (tertiary/aromatic N) is 2. The first-order chi connectivity index (χ1) is 29.8. The van der Waals surface area contributed by atoms with E-state index in [1.807, 2.05) is 42.5 Å². The van der Waals surface area contributed by atoms with Gasteiger partial charge >= 0.3 is 5.97 Å². The summed E-state index contributed by atoms with van der Waals surface area (Å²) in [7, 11) is -7.19. The first-order valence-electron chi connectivity index (χ1n) is 21.8. The molecule has 5 aromatic rings. The van der Waals surface area contributed by atoms with E-state index in [2.05, 4.69) is 79.3 Å². The average Bonchev–Trinajstić information content (AvgIpc) is 3.68. The molecular weight excluding hydrogens is 840 g/mol. The van der Waals surface area contributed by atoms with Gasteiger partial charge in [-0.1, -0.05) is 99.6 Å². The number of alkyl halides is 1. The van der Waals surface area contributed by atoms with Crippen molar-refractivity contribution in [2.24, 2.45) is 11.8 Å². The van der Waals surface area contributed by atoms with Gasteiger partial charge in [0.2, 0.25) is 15.9 Å². The number of hydrogen-bond donors (Lipinski definition) is 2. The van der Waals surface area contributed by atoms with Crippen molar-refractivity contribution in [3.05, 3.63) is 113 Å². The van der Waals surface area contributed by atoms with Crippen LogP contribution in [-0.2, 0) is 48.0 Å². The summed E-state index contributed by atoms with van der Waals surface area (Å²) in [5.74, 6) is -0.496. The molecule has 62 heavy (non-hydrogen) atoms. The highest BCUT2D eigenvalue weighted by Crippen LogP contribution is 2.39. The lowest BCUT2D eigenvalue weighted by Gasteiger charge is -2.44. The number of hydrogen-bond acceptors (Lipinski definition) is 9. The lowest BCUT2D eigenvalue weighted by molar-refractivity contribution is -0.143. The first kappa shape index (κ1) is 45.5. The number of aryl methyl sites for hydroxylation is 1. The molecule has 3 heterocycles. The average molecular weight is 899 g/mol. The number of ether oxygens (including phenoxy) is 1. The molecule has 0 aliphatic carbocycles. The van der Waals surface area contributed by atoms with Gasteiger partial charge in [0.15, 0.2) is 0 Å². The van der Waals surface area contributed by atoms with E-state index in [-0.39, 0.29) is 59.5 Å². The molecule has 1 amide bonds. The van der Waals surface area contributed by atoms with Gasteiger partial charge in [-0.25, -0.2) is 13.4 Å². The topological polar surface area (TPSA) is 127 Å². The number of carbonyl (C=O) groups excluding carboxylic acids is 2. The van der Waals surface area contributed by atoms with E-state index in [1.54, 1.807) is 17.9 Å². The summed E-state index contributed by atoms with van der Waals surface area (Å²) in [4.78, 5) is 33.4. The number of anilines is 1. The second kappa shape index (κ2) is 19.9. The van der Waals surface area contributed by atoms with Crippen LogP contribution in [0.3, 0.4) is 0 Å². The molecule has 2 aliphatic rings. The Bertz CT molecular complexity index is 2350. The molecule has 1 aromatic heterocycles. The van der Waals surface area contributed by atoms with Crippen molar-refractivity contribution in [1.29, 1.82) is 0 Å². The van der Waals surface area contributed by atoms with Crippen LogP contribution in [0.5, 0.6) is 0 Å². The number of fused-ring (bicyclic) bond motifs is 2. The van der Waals surface area contributed by atoms with Gasteiger partial charge in [0, 0.05) is 45.0 Å². The van der Waals surface area contributed by atoms with Crippen LogP contribution in [0.25, 0.3) is 10.2 Å². The summed E-state index contributed by atoms with van der Waals surface area (Å²) in [5, 5.41) is 6.29. The molecular formula is C48H59FN4O6S2Si. The Hall–Kier alpha value is -4.47. The van der Waals surface area contributed by atoms with Crippen molar-refractivity contribution in [2.75, 3.05) is 44.8 Å². The van der Waals surface area contributed by atoms with Gasteiger partial charge in [-0.05, 0) is 89.7 Å². The summed E-state index contributed by atoms with van der Waals surface area (Å²) in [6.45, 7) is 10.1. The summed E-state index contributed by atoms with van der Waals surface area (Å²) in [5.41, 5.74) is 2.75. The van der Waals surface area contributed by atoms with Gasteiger partial charge in [-0.2, -0.15) is 4.72 Å². The molecule has 0 radical (unpaired) electrons. The number of esters is 1. The molecule has 7 rings (SSSR count). The van der Waals surface area contributed by atoms with Gasteiger partial charge in [0.25, 0.3) is 8.32 Å². The van der Waals surface area contributed by atoms with Crippen LogP contribution < -0.4 is 20.4 Å². The predicted molar refractivity (Wildman–Crippen MR) is 248 cm³/mol. The van der Waals surface area contributed by atoms with Crippen molar-refractivity contribution >= 4 is 67.8 Å². The minimum Gasteiger partial charge on any atom is -0.466 e. The van der Waals surface area contributed by atoms with Crippen molar-refractivity contribution < 1.29 is 31.6 Å². The number of halogens is 1. The van der Waals surface area contributed by atoms with E-state index in [9.17, 15) is 22.4 Å². The number of sulfonamides is 1. The molecule has 330 valence electrons. The van der Waals surface area contributed by atoms with E-state index >= 15 is 0 Å².